The first-order valence-electron chi connectivity index (χ1n) is 8.92. The van der Waals surface area contributed by atoms with Gasteiger partial charge in [-0.05, 0) is 55.9 Å². The van der Waals surface area contributed by atoms with E-state index >= 15 is 0 Å². The Morgan fingerprint density at radius 1 is 1.20 bits per heavy atom. The number of carbonyl (C=O) groups is 1. The van der Waals surface area contributed by atoms with Crippen LogP contribution in [0.5, 0.6) is 0 Å². The molecule has 4 nitrogen and oxygen atoms in total. The molecule has 0 fully saturated rings. The van der Waals surface area contributed by atoms with E-state index in [1.165, 1.54) is 28.1 Å². The highest BCUT2D eigenvalue weighted by molar-refractivity contribution is 7.16. The van der Waals surface area contributed by atoms with Crippen LogP contribution in [0, 0.1) is 0 Å². The molecule has 0 radical (unpaired) electrons. The van der Waals surface area contributed by atoms with Gasteiger partial charge in [0.1, 0.15) is 5.00 Å². The molecule has 0 aliphatic heterocycles. The second kappa shape index (κ2) is 7.91. The summed E-state index contributed by atoms with van der Waals surface area (Å²) < 4.78 is 5.31. The van der Waals surface area contributed by atoms with E-state index in [-0.39, 0.29) is 5.97 Å². The third kappa shape index (κ3) is 3.98. The van der Waals surface area contributed by atoms with Crippen molar-refractivity contribution in [1.29, 1.82) is 0 Å². The minimum absolute atomic E-state index is 0.188. The molecular weight excluding hydrogens is 332 g/mol. The number of nitrogens with one attached hydrogen (secondary N) is 1. The van der Waals surface area contributed by atoms with E-state index in [4.69, 9.17) is 4.74 Å². The summed E-state index contributed by atoms with van der Waals surface area (Å²) in [7, 11) is 4.07. The number of carbonyl (C=O) groups excluding carboxylic acids is 1. The van der Waals surface area contributed by atoms with Crippen LogP contribution in [-0.4, -0.2) is 26.7 Å². The van der Waals surface area contributed by atoms with Crippen molar-refractivity contribution in [2.24, 2.45) is 0 Å². The lowest BCUT2D eigenvalue weighted by Gasteiger charge is -2.13. The van der Waals surface area contributed by atoms with Gasteiger partial charge >= 0.3 is 5.97 Å². The summed E-state index contributed by atoms with van der Waals surface area (Å²) >= 11 is 1.72. The molecule has 25 heavy (non-hydrogen) atoms. The number of hydrogen-bond donors (Lipinski definition) is 1. The Morgan fingerprint density at radius 3 is 2.60 bits per heavy atom. The number of benzene rings is 1. The van der Waals surface area contributed by atoms with E-state index in [1.54, 1.807) is 11.3 Å². The van der Waals surface area contributed by atoms with Crippen molar-refractivity contribution in [3.8, 4) is 0 Å². The van der Waals surface area contributed by atoms with Crippen LogP contribution in [0.15, 0.2) is 24.3 Å². The number of esters is 1. The quantitative estimate of drug-likeness (QED) is 0.773. The fraction of sp³-hybridized carbons (Fsp3) is 0.450. The van der Waals surface area contributed by atoms with E-state index in [2.05, 4.69) is 34.5 Å². The monoisotopic (exact) mass is 358 g/mol. The van der Waals surface area contributed by atoms with Gasteiger partial charge in [0, 0.05) is 31.2 Å². The molecule has 2 aromatic rings. The van der Waals surface area contributed by atoms with Crippen LogP contribution < -0.4 is 10.2 Å². The standard InChI is InChI=1S/C20H26N2O2S/c1-4-24-20(23)18-16-7-5-6-8-17(16)25-19(18)21-13-14-9-11-15(12-10-14)22(2)3/h9-12,21H,4-8,13H2,1-3H3. The maximum atomic E-state index is 12.5. The van der Waals surface area contributed by atoms with Crippen molar-refractivity contribution in [3.63, 3.8) is 0 Å². The third-order valence-electron chi connectivity index (χ3n) is 4.56. The van der Waals surface area contributed by atoms with E-state index in [0.717, 1.165) is 29.8 Å². The lowest BCUT2D eigenvalue weighted by Crippen LogP contribution is -2.12. The molecule has 0 saturated carbocycles. The van der Waals surface area contributed by atoms with Crippen LogP contribution >= 0.6 is 11.3 Å². The Bertz CT molecular complexity index is 735. The molecule has 1 heterocycles. The normalized spacial score (nSPS) is 13.2. The molecule has 1 aliphatic carbocycles. The molecule has 0 unspecified atom stereocenters. The molecule has 0 bridgehead atoms. The molecule has 134 valence electrons. The van der Waals surface area contributed by atoms with E-state index in [0.29, 0.717) is 13.2 Å². The first-order chi connectivity index (χ1) is 12.1. The number of rotatable bonds is 6. The first-order valence-corrected chi connectivity index (χ1v) is 9.73. The second-order valence-electron chi connectivity index (χ2n) is 6.55. The zero-order valence-electron chi connectivity index (χ0n) is 15.2. The summed E-state index contributed by atoms with van der Waals surface area (Å²) in [5.41, 5.74) is 4.36. The molecule has 1 aliphatic rings. The van der Waals surface area contributed by atoms with Gasteiger partial charge in [-0.1, -0.05) is 12.1 Å². The van der Waals surface area contributed by atoms with Crippen LogP contribution in [0.4, 0.5) is 10.7 Å². The second-order valence-corrected chi connectivity index (χ2v) is 7.66. The summed E-state index contributed by atoms with van der Waals surface area (Å²) in [5.74, 6) is -0.188. The molecule has 3 rings (SSSR count). The average molecular weight is 359 g/mol. The molecule has 0 amide bonds. The zero-order valence-corrected chi connectivity index (χ0v) is 16.0. The highest BCUT2D eigenvalue weighted by Crippen LogP contribution is 2.38. The Balaban J connectivity index is 1.79. The molecule has 1 N–H and O–H groups in total. The number of hydrogen-bond acceptors (Lipinski definition) is 5. The zero-order chi connectivity index (χ0) is 17.8. The Kier molecular flexibility index (Phi) is 5.63. The third-order valence-corrected chi connectivity index (χ3v) is 5.81. The summed E-state index contributed by atoms with van der Waals surface area (Å²) in [6.07, 6.45) is 4.42. The maximum absolute atomic E-state index is 12.5. The highest BCUT2D eigenvalue weighted by Gasteiger charge is 2.26. The van der Waals surface area contributed by atoms with Gasteiger partial charge in [0.15, 0.2) is 0 Å². The largest absolute Gasteiger partial charge is 0.462 e. The SMILES string of the molecule is CCOC(=O)c1c(NCc2ccc(N(C)C)cc2)sc2c1CCCC2. The number of nitrogens with zero attached hydrogens (tertiary/aromatic N) is 1. The molecule has 5 heteroatoms. The number of fused-ring (bicyclic) bond motifs is 1. The van der Waals surface area contributed by atoms with Gasteiger partial charge < -0.3 is 15.0 Å². The van der Waals surface area contributed by atoms with Gasteiger partial charge in [-0.15, -0.1) is 11.3 Å². The van der Waals surface area contributed by atoms with E-state index < -0.39 is 0 Å². The van der Waals surface area contributed by atoms with Crippen molar-refractivity contribution in [2.75, 3.05) is 30.9 Å². The van der Waals surface area contributed by atoms with Crippen molar-refractivity contribution < 1.29 is 9.53 Å². The van der Waals surface area contributed by atoms with Crippen LogP contribution in [0.1, 0.15) is 46.1 Å². The predicted octanol–water partition coefficient (Wildman–Crippen LogP) is 4.48. The van der Waals surface area contributed by atoms with Crippen molar-refractivity contribution in [1.82, 2.24) is 0 Å². The number of anilines is 2. The van der Waals surface area contributed by atoms with Gasteiger partial charge in [0.25, 0.3) is 0 Å². The van der Waals surface area contributed by atoms with Gasteiger partial charge in [0.2, 0.25) is 0 Å². The smallest absolute Gasteiger partial charge is 0.341 e. The molecule has 0 atom stereocenters. The van der Waals surface area contributed by atoms with Crippen molar-refractivity contribution in [2.45, 2.75) is 39.2 Å². The minimum Gasteiger partial charge on any atom is -0.462 e. The van der Waals surface area contributed by atoms with Crippen LogP contribution in [-0.2, 0) is 24.1 Å². The number of ether oxygens (including phenoxy) is 1. The van der Waals surface area contributed by atoms with Gasteiger partial charge in [-0.25, -0.2) is 4.79 Å². The van der Waals surface area contributed by atoms with E-state index in [9.17, 15) is 4.79 Å². The van der Waals surface area contributed by atoms with Crippen molar-refractivity contribution >= 4 is 28.0 Å². The van der Waals surface area contributed by atoms with Gasteiger partial charge in [-0.3, -0.25) is 0 Å². The van der Waals surface area contributed by atoms with Gasteiger partial charge in [0.05, 0.1) is 12.2 Å². The maximum Gasteiger partial charge on any atom is 0.341 e. The molecule has 0 saturated heterocycles. The van der Waals surface area contributed by atoms with Crippen LogP contribution in [0.3, 0.4) is 0 Å². The topological polar surface area (TPSA) is 41.6 Å². The number of thiophene rings is 1. The Morgan fingerprint density at radius 2 is 1.92 bits per heavy atom. The summed E-state index contributed by atoms with van der Waals surface area (Å²) in [6.45, 7) is 2.98. The van der Waals surface area contributed by atoms with E-state index in [1.807, 2.05) is 21.0 Å². The minimum atomic E-state index is -0.188. The fourth-order valence-electron chi connectivity index (χ4n) is 3.20. The summed E-state index contributed by atoms with van der Waals surface area (Å²) in [4.78, 5) is 15.9. The highest BCUT2D eigenvalue weighted by atomic mass is 32.1. The number of aryl methyl sites for hydroxylation is 1. The van der Waals surface area contributed by atoms with Crippen LogP contribution in [0.25, 0.3) is 0 Å². The fourth-order valence-corrected chi connectivity index (χ4v) is 4.48. The lowest BCUT2D eigenvalue weighted by molar-refractivity contribution is 0.0526. The van der Waals surface area contributed by atoms with Crippen LogP contribution in [0.2, 0.25) is 0 Å². The summed E-state index contributed by atoms with van der Waals surface area (Å²) in [6, 6.07) is 8.48. The summed E-state index contributed by atoms with van der Waals surface area (Å²) in [5, 5.41) is 4.44. The van der Waals surface area contributed by atoms with Gasteiger partial charge in [-0.2, -0.15) is 0 Å². The molecule has 0 spiro atoms. The molecule has 1 aromatic carbocycles. The molecular formula is C20H26N2O2S. The Hall–Kier alpha value is -2.01. The Labute approximate surface area is 153 Å². The predicted molar refractivity (Wildman–Crippen MR) is 105 cm³/mol. The molecule has 1 aromatic heterocycles. The average Bonchev–Trinajstić information content (AvgIpc) is 2.99. The lowest BCUT2D eigenvalue weighted by atomic mass is 9.95. The van der Waals surface area contributed by atoms with Crippen molar-refractivity contribution in [3.05, 3.63) is 45.8 Å². The first kappa shape index (κ1) is 17.8.